The minimum Gasteiger partial charge on any atom is -0.370 e. The van der Waals surface area contributed by atoms with Gasteiger partial charge in [-0.2, -0.15) is 0 Å². The van der Waals surface area contributed by atoms with Crippen molar-refractivity contribution >= 4 is 29.9 Å². The van der Waals surface area contributed by atoms with Gasteiger partial charge in [-0.05, 0) is 46.7 Å². The number of aliphatic imine (C=N–C) groups is 1. The van der Waals surface area contributed by atoms with Crippen molar-refractivity contribution in [2.45, 2.75) is 52.0 Å². The molecular weight excluding hydrogens is 363 g/mol. The van der Waals surface area contributed by atoms with Crippen molar-refractivity contribution in [1.29, 1.82) is 0 Å². The van der Waals surface area contributed by atoms with Crippen molar-refractivity contribution in [2.75, 3.05) is 33.7 Å². The van der Waals surface area contributed by atoms with Crippen LogP contribution in [0, 0.1) is 5.92 Å². The lowest BCUT2D eigenvalue weighted by atomic mass is 9.83. The van der Waals surface area contributed by atoms with Crippen molar-refractivity contribution in [3.8, 4) is 0 Å². The average Bonchev–Trinajstić information content (AvgIpc) is 2.41. The molecule has 0 saturated heterocycles. The van der Waals surface area contributed by atoms with E-state index in [-0.39, 0.29) is 24.0 Å². The fraction of sp³-hybridized carbons (Fsp3) is 0.933. The maximum absolute atomic E-state index is 6.07. The van der Waals surface area contributed by atoms with Crippen molar-refractivity contribution < 1.29 is 0 Å². The molecule has 0 amide bonds. The van der Waals surface area contributed by atoms with Crippen LogP contribution < -0.4 is 5.73 Å². The number of halogens is 1. The Morgan fingerprint density at radius 1 is 1.15 bits per heavy atom. The second-order valence-electron chi connectivity index (χ2n) is 5.80. The third-order valence-electron chi connectivity index (χ3n) is 4.39. The largest absolute Gasteiger partial charge is 0.370 e. The fourth-order valence-electron chi connectivity index (χ4n) is 3.09. The highest BCUT2D eigenvalue weighted by atomic mass is 127. The maximum atomic E-state index is 6.07. The molecule has 1 unspecified atom stereocenters. The van der Waals surface area contributed by atoms with Gasteiger partial charge in [0.2, 0.25) is 0 Å². The number of nitrogens with zero attached hydrogens (tertiary/aromatic N) is 3. The van der Waals surface area contributed by atoms with Gasteiger partial charge < -0.3 is 15.5 Å². The second-order valence-corrected chi connectivity index (χ2v) is 5.80. The van der Waals surface area contributed by atoms with Gasteiger partial charge in [0.25, 0.3) is 0 Å². The van der Waals surface area contributed by atoms with E-state index >= 15 is 0 Å². The van der Waals surface area contributed by atoms with Gasteiger partial charge in [0.15, 0.2) is 5.96 Å². The number of nitrogens with two attached hydrogens (primary N) is 1. The Bertz CT molecular complexity index is 271. The summed E-state index contributed by atoms with van der Waals surface area (Å²) >= 11 is 0. The van der Waals surface area contributed by atoms with E-state index in [1.165, 1.54) is 32.1 Å². The van der Waals surface area contributed by atoms with Crippen LogP contribution in [0.2, 0.25) is 0 Å². The smallest absolute Gasteiger partial charge is 0.191 e. The van der Waals surface area contributed by atoms with Crippen LogP contribution in [-0.2, 0) is 0 Å². The zero-order chi connectivity index (χ0) is 14.3. The van der Waals surface area contributed by atoms with Gasteiger partial charge in [-0.1, -0.05) is 19.3 Å². The molecular formula is C15H33IN4. The highest BCUT2D eigenvalue weighted by molar-refractivity contribution is 14.0. The first-order valence-electron chi connectivity index (χ1n) is 7.81. The van der Waals surface area contributed by atoms with Crippen LogP contribution in [0.25, 0.3) is 0 Å². The highest BCUT2D eigenvalue weighted by Crippen LogP contribution is 2.28. The molecule has 1 aliphatic rings. The SMILES string of the molecule is CCN(CC)C(N)=NCC(C1CCCCC1)N(C)C.I. The summed E-state index contributed by atoms with van der Waals surface area (Å²) in [6, 6.07) is 0.536. The summed E-state index contributed by atoms with van der Waals surface area (Å²) in [6.07, 6.45) is 6.86. The monoisotopic (exact) mass is 396 g/mol. The van der Waals surface area contributed by atoms with Crippen LogP contribution in [0.4, 0.5) is 0 Å². The van der Waals surface area contributed by atoms with Gasteiger partial charge >= 0.3 is 0 Å². The van der Waals surface area contributed by atoms with Gasteiger partial charge in [-0.3, -0.25) is 4.99 Å². The summed E-state index contributed by atoms with van der Waals surface area (Å²) in [5.74, 6) is 1.49. The molecule has 0 bridgehead atoms. The number of rotatable bonds is 6. The van der Waals surface area contributed by atoms with E-state index in [4.69, 9.17) is 5.73 Å². The third kappa shape index (κ3) is 6.16. The Hall–Kier alpha value is -0.0400. The van der Waals surface area contributed by atoms with Gasteiger partial charge in [0, 0.05) is 19.1 Å². The van der Waals surface area contributed by atoms with Crippen LogP contribution in [0.3, 0.4) is 0 Å². The molecule has 1 fully saturated rings. The van der Waals surface area contributed by atoms with Crippen molar-refractivity contribution in [3.05, 3.63) is 0 Å². The maximum Gasteiger partial charge on any atom is 0.191 e. The van der Waals surface area contributed by atoms with E-state index in [0.29, 0.717) is 12.0 Å². The molecule has 1 atom stereocenters. The molecule has 4 nitrogen and oxygen atoms in total. The molecule has 5 heteroatoms. The molecule has 0 aromatic carbocycles. The zero-order valence-electron chi connectivity index (χ0n) is 13.6. The minimum atomic E-state index is 0. The number of hydrogen-bond donors (Lipinski definition) is 1. The zero-order valence-corrected chi connectivity index (χ0v) is 16.0. The predicted octanol–water partition coefficient (Wildman–Crippen LogP) is 2.77. The van der Waals surface area contributed by atoms with Gasteiger partial charge in [-0.25, -0.2) is 0 Å². The van der Waals surface area contributed by atoms with Crippen LogP contribution in [0.1, 0.15) is 46.0 Å². The summed E-state index contributed by atoms with van der Waals surface area (Å²) in [5.41, 5.74) is 6.07. The first-order chi connectivity index (χ1) is 9.10. The summed E-state index contributed by atoms with van der Waals surface area (Å²) in [5, 5.41) is 0. The molecule has 0 radical (unpaired) electrons. The summed E-state index contributed by atoms with van der Waals surface area (Å²) < 4.78 is 0. The quantitative estimate of drug-likeness (QED) is 0.427. The molecule has 0 aliphatic heterocycles. The molecule has 1 saturated carbocycles. The predicted molar refractivity (Wildman–Crippen MR) is 98.9 cm³/mol. The summed E-state index contributed by atoms with van der Waals surface area (Å²) in [7, 11) is 4.34. The minimum absolute atomic E-state index is 0. The molecule has 0 spiro atoms. The Balaban J connectivity index is 0.00000361. The topological polar surface area (TPSA) is 44.9 Å². The van der Waals surface area contributed by atoms with E-state index in [9.17, 15) is 0 Å². The lowest BCUT2D eigenvalue weighted by molar-refractivity contribution is 0.175. The summed E-state index contributed by atoms with van der Waals surface area (Å²) in [4.78, 5) is 9.09. The van der Waals surface area contributed by atoms with E-state index in [2.05, 4.69) is 42.7 Å². The Morgan fingerprint density at radius 3 is 2.15 bits per heavy atom. The van der Waals surface area contributed by atoms with E-state index in [1.807, 2.05) is 0 Å². The third-order valence-corrected chi connectivity index (χ3v) is 4.39. The number of hydrogen-bond acceptors (Lipinski definition) is 2. The molecule has 120 valence electrons. The Labute approximate surface area is 142 Å². The van der Waals surface area contributed by atoms with Gasteiger partial charge in [0.1, 0.15) is 0 Å². The van der Waals surface area contributed by atoms with Crippen molar-refractivity contribution in [2.24, 2.45) is 16.6 Å². The first-order valence-corrected chi connectivity index (χ1v) is 7.81. The van der Waals surface area contributed by atoms with Crippen molar-refractivity contribution in [1.82, 2.24) is 9.80 Å². The molecule has 0 aromatic rings. The van der Waals surface area contributed by atoms with Crippen LogP contribution in [0.5, 0.6) is 0 Å². The molecule has 1 rings (SSSR count). The van der Waals surface area contributed by atoms with Crippen molar-refractivity contribution in [3.63, 3.8) is 0 Å². The normalized spacial score (nSPS) is 18.8. The first kappa shape index (κ1) is 20.0. The summed E-state index contributed by atoms with van der Waals surface area (Å²) in [6.45, 7) is 6.94. The second kappa shape index (κ2) is 10.7. The van der Waals surface area contributed by atoms with Crippen LogP contribution in [-0.4, -0.2) is 55.5 Å². The van der Waals surface area contributed by atoms with E-state index < -0.39 is 0 Å². The van der Waals surface area contributed by atoms with Gasteiger partial charge in [0.05, 0.1) is 6.54 Å². The molecule has 1 aliphatic carbocycles. The molecule has 20 heavy (non-hydrogen) atoms. The van der Waals surface area contributed by atoms with Crippen LogP contribution >= 0.6 is 24.0 Å². The van der Waals surface area contributed by atoms with E-state index in [0.717, 1.165) is 25.6 Å². The fourth-order valence-corrected chi connectivity index (χ4v) is 3.09. The number of likely N-dealkylation sites (N-methyl/N-ethyl adjacent to an activating group) is 1. The molecule has 2 N–H and O–H groups in total. The molecule has 0 aromatic heterocycles. The van der Waals surface area contributed by atoms with Crippen LogP contribution in [0.15, 0.2) is 4.99 Å². The Morgan fingerprint density at radius 2 is 1.70 bits per heavy atom. The highest BCUT2D eigenvalue weighted by Gasteiger charge is 2.25. The molecule has 0 heterocycles. The Kier molecular flexibility index (Phi) is 10.6. The standard InChI is InChI=1S/C15H32N4.HI/c1-5-19(6-2)15(16)17-12-14(18(3)4)13-10-8-7-9-11-13;/h13-14H,5-12H2,1-4H3,(H2,16,17);1H. The van der Waals surface area contributed by atoms with Gasteiger partial charge in [-0.15, -0.1) is 24.0 Å². The number of guanidine groups is 1. The lowest BCUT2D eigenvalue weighted by Crippen LogP contribution is -2.41. The average molecular weight is 396 g/mol. The van der Waals surface area contributed by atoms with E-state index in [1.54, 1.807) is 0 Å². The lowest BCUT2D eigenvalue weighted by Gasteiger charge is -2.34.